The van der Waals surface area contributed by atoms with E-state index in [1.807, 2.05) is 30.3 Å². The number of nitrogens with two attached hydrogens (primary N) is 1. The summed E-state index contributed by atoms with van der Waals surface area (Å²) in [5.74, 6) is 1.31. The van der Waals surface area contributed by atoms with Gasteiger partial charge >= 0.3 is 0 Å². The van der Waals surface area contributed by atoms with Crippen LogP contribution in [0, 0.1) is 0 Å². The molecule has 7 nitrogen and oxygen atoms in total. The van der Waals surface area contributed by atoms with Crippen LogP contribution in [0.2, 0.25) is 0 Å². The van der Waals surface area contributed by atoms with Gasteiger partial charge in [-0.15, -0.1) is 10.2 Å². The average molecular weight is 410 g/mol. The van der Waals surface area contributed by atoms with Crippen molar-refractivity contribution in [3.8, 4) is 11.5 Å². The molecule has 1 aliphatic heterocycles. The van der Waals surface area contributed by atoms with Crippen LogP contribution in [0.3, 0.4) is 0 Å². The van der Waals surface area contributed by atoms with E-state index in [4.69, 9.17) is 27.4 Å². The fourth-order valence-electron chi connectivity index (χ4n) is 3.36. The van der Waals surface area contributed by atoms with E-state index in [2.05, 4.69) is 39.7 Å². The average Bonchev–Trinajstić information content (AvgIpc) is 3.29. The number of ether oxygens (including phenoxy) is 2. The van der Waals surface area contributed by atoms with E-state index in [9.17, 15) is 0 Å². The summed E-state index contributed by atoms with van der Waals surface area (Å²) in [4.78, 5) is 0.681. The smallest absolute Gasteiger partial charge is 0.257 e. The molecule has 0 radical (unpaired) electrons. The highest BCUT2D eigenvalue weighted by Gasteiger charge is 2.41. The van der Waals surface area contributed by atoms with Gasteiger partial charge in [0.15, 0.2) is 11.5 Å². The lowest BCUT2D eigenvalue weighted by Gasteiger charge is -2.33. The molecular formula is C21H23N5O2S. The molecular weight excluding hydrogens is 386 g/mol. The lowest BCUT2D eigenvalue weighted by Crippen LogP contribution is -2.51. The highest BCUT2D eigenvalue weighted by molar-refractivity contribution is 7.81. The van der Waals surface area contributed by atoms with Crippen LogP contribution in [0.25, 0.3) is 0 Å². The van der Waals surface area contributed by atoms with Gasteiger partial charge in [-0.2, -0.15) is 5.21 Å². The topological polar surface area (TPSA) is 98.9 Å². The first-order chi connectivity index (χ1) is 14.1. The van der Waals surface area contributed by atoms with Gasteiger partial charge in [0.05, 0.1) is 4.86 Å². The van der Waals surface area contributed by atoms with Crippen LogP contribution < -0.4 is 15.2 Å². The van der Waals surface area contributed by atoms with Gasteiger partial charge in [0.1, 0.15) is 6.61 Å². The number of fused-ring (bicyclic) bond motifs is 1. The summed E-state index contributed by atoms with van der Waals surface area (Å²) in [6, 6.07) is 14.0. The van der Waals surface area contributed by atoms with Gasteiger partial charge in [-0.3, -0.25) is 5.73 Å². The molecule has 0 fully saturated rings. The molecule has 150 valence electrons. The van der Waals surface area contributed by atoms with Crippen molar-refractivity contribution in [1.29, 1.82) is 0 Å². The molecule has 0 saturated heterocycles. The molecule has 8 heteroatoms. The van der Waals surface area contributed by atoms with E-state index in [0.29, 0.717) is 16.4 Å². The molecule has 2 heterocycles. The van der Waals surface area contributed by atoms with Crippen molar-refractivity contribution < 1.29 is 9.47 Å². The minimum atomic E-state index is -1.34. The van der Waals surface area contributed by atoms with Gasteiger partial charge in [0.25, 0.3) is 5.72 Å². The number of nitrogens with one attached hydrogen (secondary N) is 1. The Balaban J connectivity index is 1.64. The Morgan fingerprint density at radius 1 is 1.24 bits per heavy atom. The number of hydrogen-bond donors (Lipinski definition) is 2. The van der Waals surface area contributed by atoms with Gasteiger partial charge in [0.2, 0.25) is 5.82 Å². The maximum Gasteiger partial charge on any atom is 0.257 e. The van der Waals surface area contributed by atoms with Crippen LogP contribution in [0.5, 0.6) is 11.5 Å². The molecule has 3 aromatic rings. The van der Waals surface area contributed by atoms with Crippen LogP contribution in [0.4, 0.5) is 0 Å². The second kappa shape index (κ2) is 8.26. The lowest BCUT2D eigenvalue weighted by molar-refractivity contribution is -0.0149. The van der Waals surface area contributed by atoms with Crippen LogP contribution in [0.15, 0.2) is 42.5 Å². The zero-order chi connectivity index (χ0) is 20.3. The minimum absolute atomic E-state index is 0.0721. The number of nitrogens with zero attached hydrogens (tertiary/aromatic N) is 3. The predicted octanol–water partition coefficient (Wildman–Crippen LogP) is 3.28. The predicted molar refractivity (Wildman–Crippen MR) is 113 cm³/mol. The Kier molecular flexibility index (Phi) is 5.55. The maximum atomic E-state index is 6.36. The van der Waals surface area contributed by atoms with E-state index in [1.165, 1.54) is 24.8 Å². The SMILES string of the molecule is CCCCCc1cccc(C(=S)c2cccc3c2OC(N)(c2nn[nH]n2)CO3)c1. The fourth-order valence-corrected chi connectivity index (χ4v) is 3.65. The van der Waals surface area contributed by atoms with Gasteiger partial charge in [-0.25, -0.2) is 0 Å². The standard InChI is InChI=1S/C21H23N5O2S/c1-2-3-4-7-14-8-5-9-15(12-14)19(29)16-10-6-11-17-18(16)28-21(22,13-27-17)20-23-25-26-24-20/h5-6,8-12H,2-4,7,13,22H2,1H3,(H,23,24,25,26). The third-order valence-electron chi connectivity index (χ3n) is 4.93. The second-order valence-corrected chi connectivity index (χ2v) is 7.54. The largest absolute Gasteiger partial charge is 0.483 e. The van der Waals surface area contributed by atoms with E-state index in [1.54, 1.807) is 0 Å². The molecule has 0 bridgehead atoms. The first-order valence-corrected chi connectivity index (χ1v) is 10.1. The van der Waals surface area contributed by atoms with Crippen LogP contribution in [-0.4, -0.2) is 32.1 Å². The van der Waals surface area contributed by atoms with E-state index < -0.39 is 5.72 Å². The van der Waals surface area contributed by atoms with E-state index >= 15 is 0 Å². The lowest BCUT2D eigenvalue weighted by atomic mass is 9.98. The van der Waals surface area contributed by atoms with Crippen LogP contribution in [-0.2, 0) is 12.1 Å². The Morgan fingerprint density at radius 2 is 2.10 bits per heavy atom. The number of thiocarbonyl (C=S) groups is 1. The summed E-state index contributed by atoms with van der Waals surface area (Å²) in [6.45, 7) is 2.28. The van der Waals surface area contributed by atoms with E-state index in [-0.39, 0.29) is 12.4 Å². The zero-order valence-electron chi connectivity index (χ0n) is 16.2. The number of hydrogen-bond acceptors (Lipinski definition) is 7. The van der Waals surface area contributed by atoms with Gasteiger partial charge in [0, 0.05) is 5.56 Å². The van der Waals surface area contributed by atoms with Crippen molar-refractivity contribution in [2.45, 2.75) is 38.3 Å². The third-order valence-corrected chi connectivity index (χ3v) is 5.39. The Morgan fingerprint density at radius 3 is 2.90 bits per heavy atom. The maximum absolute atomic E-state index is 6.36. The van der Waals surface area contributed by atoms with Gasteiger partial charge < -0.3 is 9.47 Å². The number of benzene rings is 2. The number of H-pyrrole nitrogens is 1. The summed E-state index contributed by atoms with van der Waals surface area (Å²) in [6.07, 6.45) is 4.64. The summed E-state index contributed by atoms with van der Waals surface area (Å²) >= 11 is 5.82. The van der Waals surface area contributed by atoms with E-state index in [0.717, 1.165) is 17.5 Å². The van der Waals surface area contributed by atoms with Crippen molar-refractivity contribution in [3.05, 3.63) is 65.0 Å². The normalized spacial score (nSPS) is 17.9. The summed E-state index contributed by atoms with van der Waals surface area (Å²) in [7, 11) is 0. The molecule has 2 aromatic carbocycles. The molecule has 0 aliphatic carbocycles. The number of unbranched alkanes of at least 4 members (excludes halogenated alkanes) is 2. The quantitative estimate of drug-likeness (QED) is 0.351. The van der Waals surface area contributed by atoms with Crippen molar-refractivity contribution >= 4 is 17.1 Å². The molecule has 3 N–H and O–H groups in total. The summed E-state index contributed by atoms with van der Waals surface area (Å²) in [5, 5.41) is 13.9. The van der Waals surface area contributed by atoms with Crippen LogP contribution in [0.1, 0.15) is 48.7 Å². The molecule has 4 rings (SSSR count). The first-order valence-electron chi connectivity index (χ1n) is 9.72. The van der Waals surface area contributed by atoms with Crippen molar-refractivity contribution in [1.82, 2.24) is 20.6 Å². The molecule has 1 atom stereocenters. The Hall–Kier alpha value is -2.84. The molecule has 1 aromatic heterocycles. The van der Waals surface area contributed by atoms with Crippen molar-refractivity contribution in [2.24, 2.45) is 5.73 Å². The summed E-state index contributed by atoms with van der Waals surface area (Å²) in [5.41, 5.74) is 8.02. The number of tetrazole rings is 1. The van der Waals surface area contributed by atoms with Crippen molar-refractivity contribution in [2.75, 3.05) is 6.61 Å². The zero-order valence-corrected chi connectivity index (χ0v) is 17.0. The Labute approximate surface area is 174 Å². The molecule has 1 aliphatic rings. The van der Waals surface area contributed by atoms with Gasteiger partial charge in [-0.1, -0.05) is 62.3 Å². The molecule has 0 saturated carbocycles. The molecule has 1 unspecified atom stereocenters. The number of rotatable bonds is 7. The highest BCUT2D eigenvalue weighted by atomic mass is 32.1. The number of para-hydroxylation sites is 1. The second-order valence-electron chi connectivity index (χ2n) is 7.14. The van der Waals surface area contributed by atoms with Crippen LogP contribution >= 0.6 is 12.2 Å². The highest BCUT2D eigenvalue weighted by Crippen LogP contribution is 2.40. The van der Waals surface area contributed by atoms with Gasteiger partial charge in [-0.05, 0) is 41.3 Å². The Bertz CT molecular complexity index is 1010. The molecule has 29 heavy (non-hydrogen) atoms. The monoisotopic (exact) mass is 409 g/mol. The number of aryl methyl sites for hydroxylation is 1. The molecule has 0 spiro atoms. The minimum Gasteiger partial charge on any atom is -0.483 e. The third kappa shape index (κ3) is 3.99. The fraction of sp³-hybridized carbons (Fsp3) is 0.333. The molecule has 0 amide bonds. The summed E-state index contributed by atoms with van der Waals surface area (Å²) < 4.78 is 12.0. The number of aromatic nitrogens is 4. The number of aromatic amines is 1. The first kappa shape index (κ1) is 19.5. The van der Waals surface area contributed by atoms with Crippen molar-refractivity contribution in [3.63, 3.8) is 0 Å².